The van der Waals surface area contributed by atoms with Crippen molar-refractivity contribution in [1.82, 2.24) is 9.97 Å². The number of esters is 2. The number of aromatic amines is 1. The summed E-state index contributed by atoms with van der Waals surface area (Å²) in [6.45, 7) is 6.58. The van der Waals surface area contributed by atoms with Gasteiger partial charge in [-0.1, -0.05) is 11.6 Å². The first kappa shape index (κ1) is 20.4. The molecule has 0 fully saturated rings. The Morgan fingerprint density at radius 3 is 2.56 bits per heavy atom. The van der Waals surface area contributed by atoms with E-state index in [1.54, 1.807) is 26.8 Å². The Balaban J connectivity index is 2.08. The summed E-state index contributed by atoms with van der Waals surface area (Å²) in [5.74, 6) is -1.54. The van der Waals surface area contributed by atoms with E-state index in [1.807, 2.05) is 0 Å². The van der Waals surface area contributed by atoms with E-state index in [0.29, 0.717) is 16.3 Å². The van der Waals surface area contributed by atoms with Crippen LogP contribution in [0.3, 0.4) is 0 Å². The van der Waals surface area contributed by atoms with Crippen LogP contribution in [0.5, 0.6) is 0 Å². The fraction of sp³-hybridized carbons (Fsp3) is 0.333. The number of carbonyl (C=O) groups is 3. The van der Waals surface area contributed by atoms with E-state index in [2.05, 4.69) is 15.3 Å². The zero-order valence-electron chi connectivity index (χ0n) is 15.4. The summed E-state index contributed by atoms with van der Waals surface area (Å²) in [5.41, 5.74) is 1.24. The number of amides is 1. The van der Waals surface area contributed by atoms with E-state index < -0.39 is 23.9 Å². The Morgan fingerprint density at radius 1 is 1.26 bits per heavy atom. The van der Waals surface area contributed by atoms with Gasteiger partial charge in [-0.05, 0) is 45.4 Å². The summed E-state index contributed by atoms with van der Waals surface area (Å²) < 4.78 is 10.2. The molecule has 0 spiro atoms. The molecule has 27 heavy (non-hydrogen) atoms. The Hall–Kier alpha value is -2.87. The predicted molar refractivity (Wildman–Crippen MR) is 99.0 cm³/mol. The summed E-state index contributed by atoms with van der Waals surface area (Å²) in [6.07, 6.45) is 0.312. The number of nitrogens with one attached hydrogen (secondary N) is 2. The third-order valence-electron chi connectivity index (χ3n) is 3.75. The van der Waals surface area contributed by atoms with Gasteiger partial charge in [0.1, 0.15) is 11.5 Å². The van der Waals surface area contributed by atoms with Crippen molar-refractivity contribution >= 4 is 35.3 Å². The maximum absolute atomic E-state index is 12.5. The van der Waals surface area contributed by atoms with Crippen LogP contribution in [0, 0.1) is 13.8 Å². The largest absolute Gasteiger partial charge is 0.461 e. The number of nitrogens with zero attached hydrogens (tertiary/aromatic N) is 1. The molecule has 9 heteroatoms. The number of hydrogen-bond acceptors (Lipinski definition) is 6. The second-order valence-electron chi connectivity index (χ2n) is 5.74. The van der Waals surface area contributed by atoms with E-state index in [-0.39, 0.29) is 23.7 Å². The lowest BCUT2D eigenvalue weighted by molar-refractivity contribution is -0.123. The second-order valence-corrected chi connectivity index (χ2v) is 6.18. The average molecular weight is 394 g/mol. The van der Waals surface area contributed by atoms with E-state index in [1.165, 1.54) is 19.2 Å². The minimum Gasteiger partial charge on any atom is -0.461 e. The number of aromatic nitrogens is 2. The van der Waals surface area contributed by atoms with Gasteiger partial charge in [0.2, 0.25) is 0 Å². The highest BCUT2D eigenvalue weighted by molar-refractivity contribution is 6.30. The van der Waals surface area contributed by atoms with Gasteiger partial charge in [-0.2, -0.15) is 0 Å². The molecule has 0 unspecified atom stereocenters. The molecule has 144 valence electrons. The van der Waals surface area contributed by atoms with E-state index in [0.717, 1.165) is 0 Å². The van der Waals surface area contributed by atoms with E-state index in [9.17, 15) is 14.4 Å². The van der Waals surface area contributed by atoms with Crippen LogP contribution in [0.25, 0.3) is 0 Å². The van der Waals surface area contributed by atoms with Gasteiger partial charge in [-0.25, -0.2) is 14.6 Å². The molecular weight excluding hydrogens is 374 g/mol. The van der Waals surface area contributed by atoms with Crippen molar-refractivity contribution < 1.29 is 23.9 Å². The summed E-state index contributed by atoms with van der Waals surface area (Å²) in [7, 11) is 0. The smallest absolute Gasteiger partial charge is 0.355 e. The first-order chi connectivity index (χ1) is 12.7. The first-order valence-corrected chi connectivity index (χ1v) is 8.62. The maximum atomic E-state index is 12.5. The third-order valence-corrected chi connectivity index (χ3v) is 3.98. The molecular formula is C18H20ClN3O5. The van der Waals surface area contributed by atoms with Crippen molar-refractivity contribution in [2.24, 2.45) is 0 Å². The molecule has 8 nitrogen and oxygen atoms in total. The Bertz CT molecular complexity index is 861. The number of rotatable bonds is 6. The lowest BCUT2D eigenvalue weighted by Gasteiger charge is -2.13. The number of anilines is 1. The number of carbonyl (C=O) groups excluding carboxylic acids is 3. The Labute approximate surface area is 161 Å². The van der Waals surface area contributed by atoms with Crippen molar-refractivity contribution in [3.8, 4) is 0 Å². The van der Waals surface area contributed by atoms with Crippen LogP contribution < -0.4 is 5.32 Å². The van der Waals surface area contributed by atoms with Gasteiger partial charge in [0.15, 0.2) is 6.10 Å². The fourth-order valence-corrected chi connectivity index (χ4v) is 2.53. The molecule has 1 amide bonds. The van der Waals surface area contributed by atoms with Crippen LogP contribution in [0.1, 0.15) is 46.0 Å². The molecule has 2 aromatic heterocycles. The molecule has 0 aliphatic heterocycles. The predicted octanol–water partition coefficient (Wildman–Crippen LogP) is 3.04. The number of H-pyrrole nitrogens is 1. The van der Waals surface area contributed by atoms with Crippen LogP contribution in [0.15, 0.2) is 18.3 Å². The molecule has 0 aromatic carbocycles. The van der Waals surface area contributed by atoms with Gasteiger partial charge in [0.05, 0.1) is 17.2 Å². The highest BCUT2D eigenvalue weighted by Crippen LogP contribution is 2.20. The van der Waals surface area contributed by atoms with Crippen LogP contribution >= 0.6 is 11.6 Å². The molecule has 0 bridgehead atoms. The lowest BCUT2D eigenvalue weighted by Crippen LogP contribution is -2.30. The standard InChI is InChI=1S/C18H20ClN3O5/c1-5-26-18(25)15-9(2)14(10(3)21-15)17(24)27-11(4)16(23)22-13-7-6-12(19)8-20-13/h6-8,11,21H,5H2,1-4H3,(H,20,22,23)/t11-/m0/s1. The van der Waals surface area contributed by atoms with Gasteiger partial charge in [-0.15, -0.1) is 0 Å². The second kappa shape index (κ2) is 8.68. The number of ether oxygens (including phenoxy) is 2. The van der Waals surface area contributed by atoms with Crippen LogP contribution in [-0.4, -0.2) is 40.5 Å². The number of hydrogen-bond donors (Lipinski definition) is 2. The van der Waals surface area contributed by atoms with Crippen LogP contribution in [0.4, 0.5) is 5.82 Å². The molecule has 0 saturated heterocycles. The van der Waals surface area contributed by atoms with Crippen molar-refractivity contribution in [3.63, 3.8) is 0 Å². The molecule has 1 atom stereocenters. The topological polar surface area (TPSA) is 110 Å². The third kappa shape index (κ3) is 4.85. The summed E-state index contributed by atoms with van der Waals surface area (Å²) >= 11 is 5.74. The molecule has 2 N–H and O–H groups in total. The number of halogens is 1. The summed E-state index contributed by atoms with van der Waals surface area (Å²) in [6, 6.07) is 3.10. The molecule has 0 radical (unpaired) electrons. The van der Waals surface area contributed by atoms with Gasteiger partial charge in [0.25, 0.3) is 5.91 Å². The van der Waals surface area contributed by atoms with E-state index >= 15 is 0 Å². The maximum Gasteiger partial charge on any atom is 0.355 e. The van der Waals surface area contributed by atoms with Crippen LogP contribution in [-0.2, 0) is 14.3 Å². The minimum atomic E-state index is -1.07. The van der Waals surface area contributed by atoms with Crippen molar-refractivity contribution in [2.75, 3.05) is 11.9 Å². The monoisotopic (exact) mass is 393 g/mol. The van der Waals surface area contributed by atoms with Crippen molar-refractivity contribution in [1.29, 1.82) is 0 Å². The quantitative estimate of drug-likeness (QED) is 0.730. The van der Waals surface area contributed by atoms with Crippen LogP contribution in [0.2, 0.25) is 5.02 Å². The lowest BCUT2D eigenvalue weighted by atomic mass is 10.1. The molecule has 2 heterocycles. The van der Waals surface area contributed by atoms with E-state index in [4.69, 9.17) is 21.1 Å². The minimum absolute atomic E-state index is 0.184. The first-order valence-electron chi connectivity index (χ1n) is 8.24. The molecule has 0 aliphatic carbocycles. The average Bonchev–Trinajstić information content (AvgIpc) is 2.91. The number of aryl methyl sites for hydroxylation is 1. The zero-order chi connectivity index (χ0) is 20.1. The van der Waals surface area contributed by atoms with Gasteiger partial charge in [0, 0.05) is 11.9 Å². The SMILES string of the molecule is CCOC(=O)c1[nH]c(C)c(C(=O)O[C@@H](C)C(=O)Nc2ccc(Cl)cn2)c1C. The Kier molecular flexibility index (Phi) is 6.57. The van der Waals surface area contributed by atoms with Gasteiger partial charge in [-0.3, -0.25) is 4.79 Å². The zero-order valence-corrected chi connectivity index (χ0v) is 16.1. The van der Waals surface area contributed by atoms with Crippen molar-refractivity contribution in [3.05, 3.63) is 45.9 Å². The van der Waals surface area contributed by atoms with Gasteiger partial charge >= 0.3 is 11.9 Å². The number of pyridine rings is 1. The molecule has 2 aromatic rings. The Morgan fingerprint density at radius 2 is 1.96 bits per heavy atom. The molecule has 2 rings (SSSR count). The molecule has 0 saturated carbocycles. The summed E-state index contributed by atoms with van der Waals surface area (Å²) in [4.78, 5) is 43.4. The summed E-state index contributed by atoms with van der Waals surface area (Å²) in [5, 5.41) is 2.96. The molecule has 0 aliphatic rings. The fourth-order valence-electron chi connectivity index (χ4n) is 2.41. The van der Waals surface area contributed by atoms with Gasteiger partial charge < -0.3 is 19.8 Å². The normalized spacial score (nSPS) is 11.6. The highest BCUT2D eigenvalue weighted by Gasteiger charge is 2.26. The highest BCUT2D eigenvalue weighted by atomic mass is 35.5. The van der Waals surface area contributed by atoms with Crippen molar-refractivity contribution in [2.45, 2.75) is 33.8 Å².